The number of aromatic nitrogens is 3. The van der Waals surface area contributed by atoms with Crippen molar-refractivity contribution in [2.24, 2.45) is 0 Å². The summed E-state index contributed by atoms with van der Waals surface area (Å²) < 4.78 is 1.98. The summed E-state index contributed by atoms with van der Waals surface area (Å²) in [5.74, 6) is -0.333. The predicted molar refractivity (Wildman–Crippen MR) is 96.2 cm³/mol. The van der Waals surface area contributed by atoms with E-state index >= 15 is 0 Å². The van der Waals surface area contributed by atoms with E-state index in [1.54, 1.807) is 25.6 Å². The summed E-state index contributed by atoms with van der Waals surface area (Å²) in [5, 5.41) is 14.3. The van der Waals surface area contributed by atoms with Crippen molar-refractivity contribution in [3.05, 3.63) is 48.3 Å². The van der Waals surface area contributed by atoms with Crippen LogP contribution in [0.25, 0.3) is 0 Å². The molecule has 0 saturated carbocycles. The highest BCUT2D eigenvalue weighted by Gasteiger charge is 2.21. The Balaban J connectivity index is 1.94. The van der Waals surface area contributed by atoms with Gasteiger partial charge in [-0.05, 0) is 31.9 Å². The Bertz CT molecular complexity index is 689. The van der Waals surface area contributed by atoms with E-state index in [0.29, 0.717) is 12.8 Å². The van der Waals surface area contributed by atoms with Gasteiger partial charge >= 0.3 is 0 Å². The summed E-state index contributed by atoms with van der Waals surface area (Å²) in [6, 6.07) is 4.76. The zero-order chi connectivity index (χ0) is 18.8. The second kappa shape index (κ2) is 10.3. The van der Waals surface area contributed by atoms with Gasteiger partial charge in [0.05, 0.1) is 12.9 Å². The molecule has 26 heavy (non-hydrogen) atoms. The maximum atomic E-state index is 12.3. The number of hydrogen-bond acceptors (Lipinski definition) is 5. The van der Waals surface area contributed by atoms with E-state index in [-0.39, 0.29) is 18.6 Å². The fraction of sp³-hybridized carbons (Fsp3) is 0.444. The Morgan fingerprint density at radius 2 is 2.27 bits per heavy atom. The van der Waals surface area contributed by atoms with E-state index in [1.807, 2.05) is 22.8 Å². The molecule has 0 bridgehead atoms. The number of carbonyl (C=O) groups is 2. The molecule has 2 atom stereocenters. The maximum absolute atomic E-state index is 12.3. The summed E-state index contributed by atoms with van der Waals surface area (Å²) >= 11 is 0. The van der Waals surface area contributed by atoms with Crippen molar-refractivity contribution < 1.29 is 14.7 Å². The van der Waals surface area contributed by atoms with Gasteiger partial charge < -0.3 is 20.3 Å². The molecule has 3 N–H and O–H groups in total. The summed E-state index contributed by atoms with van der Waals surface area (Å²) in [6.45, 7) is 2.27. The van der Waals surface area contributed by atoms with Crippen molar-refractivity contribution in [3.63, 3.8) is 0 Å². The minimum Gasteiger partial charge on any atom is -0.394 e. The molecule has 0 aliphatic heterocycles. The lowest BCUT2D eigenvalue weighted by Crippen LogP contribution is -2.48. The van der Waals surface area contributed by atoms with E-state index in [2.05, 4.69) is 20.6 Å². The highest BCUT2D eigenvalue weighted by molar-refractivity contribution is 5.84. The van der Waals surface area contributed by atoms with Crippen LogP contribution in [-0.4, -0.2) is 50.6 Å². The zero-order valence-electron chi connectivity index (χ0n) is 14.8. The van der Waals surface area contributed by atoms with Crippen molar-refractivity contribution in [2.75, 3.05) is 6.61 Å². The molecule has 0 aliphatic carbocycles. The Morgan fingerprint density at radius 1 is 1.42 bits per heavy atom. The molecule has 1 unspecified atom stereocenters. The van der Waals surface area contributed by atoms with Crippen molar-refractivity contribution >= 4 is 12.3 Å². The van der Waals surface area contributed by atoms with Crippen molar-refractivity contribution in [1.82, 2.24) is 25.2 Å². The van der Waals surface area contributed by atoms with Gasteiger partial charge in [0, 0.05) is 42.8 Å². The summed E-state index contributed by atoms with van der Waals surface area (Å²) in [5.41, 5.74) is 1.89. The predicted octanol–water partition coefficient (Wildman–Crippen LogP) is 0.0650. The Hall–Kier alpha value is -2.74. The van der Waals surface area contributed by atoms with Crippen molar-refractivity contribution in [1.29, 1.82) is 0 Å². The number of hydrogen-bond donors (Lipinski definition) is 3. The van der Waals surface area contributed by atoms with Crippen LogP contribution in [0.5, 0.6) is 0 Å². The summed E-state index contributed by atoms with van der Waals surface area (Å²) in [7, 11) is 0. The second-order valence-corrected chi connectivity index (χ2v) is 6.14. The standard InChI is InChI=1S/C18H25N5O3/c1-14(11-24)22-18(26)17(21-13-25)9-16-10-19-12-23(16)8-4-6-15-5-2-3-7-20-15/h2-3,5,7,10,12-14,17,24H,4,6,8-9,11H2,1H3,(H,21,25)(H,22,26)/t14?,17-/m0/s1. The lowest BCUT2D eigenvalue weighted by Gasteiger charge is -2.19. The number of aryl methyl sites for hydroxylation is 2. The van der Waals surface area contributed by atoms with Gasteiger partial charge in [0.15, 0.2) is 0 Å². The molecule has 2 amide bonds. The number of imidazole rings is 1. The van der Waals surface area contributed by atoms with Gasteiger partial charge in [0.1, 0.15) is 6.04 Å². The van der Waals surface area contributed by atoms with E-state index in [4.69, 9.17) is 5.11 Å². The minimum absolute atomic E-state index is 0.162. The summed E-state index contributed by atoms with van der Waals surface area (Å²) in [6.07, 6.45) is 7.77. The van der Waals surface area contributed by atoms with E-state index < -0.39 is 6.04 Å². The molecular formula is C18H25N5O3. The number of carbonyl (C=O) groups excluding carboxylic acids is 2. The smallest absolute Gasteiger partial charge is 0.243 e. The molecule has 2 rings (SSSR count). The van der Waals surface area contributed by atoms with Crippen LogP contribution < -0.4 is 10.6 Å². The third-order valence-electron chi connectivity index (χ3n) is 4.02. The van der Waals surface area contributed by atoms with E-state index in [0.717, 1.165) is 30.8 Å². The van der Waals surface area contributed by atoms with Gasteiger partial charge in [-0.2, -0.15) is 0 Å². The van der Waals surface area contributed by atoms with Gasteiger partial charge in [-0.1, -0.05) is 6.07 Å². The van der Waals surface area contributed by atoms with Gasteiger partial charge in [-0.3, -0.25) is 14.6 Å². The van der Waals surface area contributed by atoms with Crippen LogP contribution in [0.15, 0.2) is 36.9 Å². The van der Waals surface area contributed by atoms with E-state index in [1.165, 1.54) is 0 Å². The van der Waals surface area contributed by atoms with Crippen molar-refractivity contribution in [2.45, 2.75) is 44.8 Å². The first-order chi connectivity index (χ1) is 12.6. The number of nitrogens with zero attached hydrogens (tertiary/aromatic N) is 3. The normalized spacial score (nSPS) is 13.0. The first-order valence-corrected chi connectivity index (χ1v) is 8.64. The fourth-order valence-electron chi connectivity index (χ4n) is 2.60. The summed E-state index contributed by atoms with van der Waals surface area (Å²) in [4.78, 5) is 31.6. The third kappa shape index (κ3) is 5.96. The number of nitrogens with one attached hydrogen (secondary N) is 2. The second-order valence-electron chi connectivity index (χ2n) is 6.14. The van der Waals surface area contributed by atoms with Crippen LogP contribution in [-0.2, 0) is 29.0 Å². The lowest BCUT2D eigenvalue weighted by molar-refractivity contribution is -0.126. The molecule has 8 heteroatoms. The van der Waals surface area contributed by atoms with Crippen LogP contribution in [0.3, 0.4) is 0 Å². The monoisotopic (exact) mass is 359 g/mol. The highest BCUT2D eigenvalue weighted by Crippen LogP contribution is 2.07. The first-order valence-electron chi connectivity index (χ1n) is 8.64. The quantitative estimate of drug-likeness (QED) is 0.492. The molecule has 2 heterocycles. The molecule has 140 valence electrons. The van der Waals surface area contributed by atoms with Crippen LogP contribution >= 0.6 is 0 Å². The molecule has 0 radical (unpaired) electrons. The number of pyridine rings is 1. The molecule has 0 aliphatic rings. The Labute approximate surface area is 152 Å². The van der Waals surface area contributed by atoms with Gasteiger partial charge in [0.25, 0.3) is 0 Å². The number of aliphatic hydroxyl groups excluding tert-OH is 1. The highest BCUT2D eigenvalue weighted by atomic mass is 16.3. The Kier molecular flexibility index (Phi) is 7.75. The minimum atomic E-state index is -0.715. The Morgan fingerprint density at radius 3 is 2.96 bits per heavy atom. The topological polar surface area (TPSA) is 109 Å². The lowest BCUT2D eigenvalue weighted by atomic mass is 10.1. The maximum Gasteiger partial charge on any atom is 0.243 e. The van der Waals surface area contributed by atoms with Gasteiger partial charge in [-0.25, -0.2) is 4.98 Å². The van der Waals surface area contributed by atoms with E-state index in [9.17, 15) is 9.59 Å². The SMILES string of the molecule is CC(CO)NC(=O)[C@H](Cc1cncn1CCCc1ccccn1)NC=O. The third-order valence-corrected chi connectivity index (χ3v) is 4.02. The number of rotatable bonds is 11. The molecule has 2 aromatic rings. The van der Waals surface area contributed by atoms with Crippen LogP contribution in [0.4, 0.5) is 0 Å². The molecule has 2 aromatic heterocycles. The average molecular weight is 359 g/mol. The molecule has 0 aromatic carbocycles. The fourth-order valence-corrected chi connectivity index (χ4v) is 2.60. The number of amides is 2. The molecule has 0 saturated heterocycles. The van der Waals surface area contributed by atoms with Gasteiger partial charge in [0.2, 0.25) is 12.3 Å². The van der Waals surface area contributed by atoms with Crippen LogP contribution in [0, 0.1) is 0 Å². The largest absolute Gasteiger partial charge is 0.394 e. The molecule has 8 nitrogen and oxygen atoms in total. The van der Waals surface area contributed by atoms with Crippen molar-refractivity contribution in [3.8, 4) is 0 Å². The first kappa shape index (κ1) is 19.6. The molecule has 0 spiro atoms. The molecular weight excluding hydrogens is 334 g/mol. The molecule has 0 fully saturated rings. The average Bonchev–Trinajstić information content (AvgIpc) is 3.09. The van der Waals surface area contributed by atoms with Crippen LogP contribution in [0.1, 0.15) is 24.7 Å². The van der Waals surface area contributed by atoms with Gasteiger partial charge in [-0.15, -0.1) is 0 Å². The number of aliphatic hydroxyl groups is 1. The van der Waals surface area contributed by atoms with Crippen LogP contribution in [0.2, 0.25) is 0 Å². The zero-order valence-corrected chi connectivity index (χ0v) is 14.8.